The van der Waals surface area contributed by atoms with E-state index in [1.165, 1.54) is 12.1 Å². The Hall–Kier alpha value is -1.01. The molecule has 1 atom stereocenters. The molecule has 18 heavy (non-hydrogen) atoms. The minimum absolute atomic E-state index is 0.276. The van der Waals surface area contributed by atoms with Crippen LogP contribution in [-0.2, 0) is 11.4 Å². The molecule has 100 valence electrons. The lowest BCUT2D eigenvalue weighted by molar-refractivity contribution is 0.505. The number of nitrogens with zero attached hydrogens (tertiary/aromatic N) is 1. The van der Waals surface area contributed by atoms with Crippen molar-refractivity contribution in [2.45, 2.75) is 19.8 Å². The van der Waals surface area contributed by atoms with Crippen LogP contribution in [0.2, 0.25) is 0 Å². The molecule has 0 N–H and O–H groups in total. The molecule has 0 bridgehead atoms. The summed E-state index contributed by atoms with van der Waals surface area (Å²) in [6.07, 6.45) is 1.52. The molecule has 0 spiro atoms. The molecular formula is C12H14F3NOS. The number of hydrogen-bond acceptors (Lipinski definition) is 2. The highest BCUT2D eigenvalue weighted by molar-refractivity contribution is 7.90. The predicted molar refractivity (Wildman–Crippen MR) is 66.8 cm³/mol. The van der Waals surface area contributed by atoms with E-state index >= 15 is 0 Å². The fourth-order valence-corrected chi connectivity index (χ4v) is 2.33. The molecule has 0 fully saturated rings. The fourth-order valence-electron chi connectivity index (χ4n) is 1.31. The molecule has 2 nitrogen and oxygen atoms in total. The molecule has 0 radical (unpaired) electrons. The van der Waals surface area contributed by atoms with Crippen LogP contribution in [0.5, 0.6) is 0 Å². The quantitative estimate of drug-likeness (QED) is 0.581. The van der Waals surface area contributed by atoms with Gasteiger partial charge in [-0.15, -0.1) is 0 Å². The van der Waals surface area contributed by atoms with E-state index in [0.717, 1.165) is 12.5 Å². The van der Waals surface area contributed by atoms with Crippen LogP contribution >= 0.6 is 0 Å². The first-order valence-electron chi connectivity index (χ1n) is 5.56. The lowest BCUT2D eigenvalue weighted by Gasteiger charge is -2.07. The zero-order valence-corrected chi connectivity index (χ0v) is 10.8. The largest absolute Gasteiger partial charge is 0.591 e. The van der Waals surface area contributed by atoms with Crippen molar-refractivity contribution in [1.82, 2.24) is 0 Å². The average Bonchev–Trinajstić information content (AvgIpc) is 2.37. The van der Waals surface area contributed by atoms with Gasteiger partial charge in [0.15, 0.2) is 11.6 Å². The summed E-state index contributed by atoms with van der Waals surface area (Å²) in [5.74, 6) is -1.95. The zero-order valence-electron chi connectivity index (χ0n) is 9.96. The Kier molecular flexibility index (Phi) is 6.21. The summed E-state index contributed by atoms with van der Waals surface area (Å²) >= 11 is -1.61. The Morgan fingerprint density at radius 3 is 2.72 bits per heavy atom. The first-order valence-corrected chi connectivity index (χ1v) is 6.84. The monoisotopic (exact) mass is 277 g/mol. The molecule has 0 aliphatic rings. The van der Waals surface area contributed by atoms with E-state index in [0.29, 0.717) is 6.42 Å². The van der Waals surface area contributed by atoms with Gasteiger partial charge in [0.25, 0.3) is 0 Å². The normalized spacial score (nSPS) is 13.7. The Morgan fingerprint density at radius 1 is 1.39 bits per heavy atom. The standard InChI is InChI=1S/C12H14F3NOS/c1-2-3-7-18(17)16-11(8-13)9-5-4-6-10(14)12(9)15/h4-6H,2-3,7-8H2,1H3/b16-11+/t18-/m1/s1. The van der Waals surface area contributed by atoms with Crippen LogP contribution in [0.3, 0.4) is 0 Å². The van der Waals surface area contributed by atoms with Crippen LogP contribution in [0, 0.1) is 11.6 Å². The van der Waals surface area contributed by atoms with Gasteiger partial charge in [-0.05, 0) is 18.6 Å². The van der Waals surface area contributed by atoms with Gasteiger partial charge in [0.05, 0.1) is 11.4 Å². The molecule has 0 heterocycles. The van der Waals surface area contributed by atoms with Crippen molar-refractivity contribution in [3.63, 3.8) is 0 Å². The van der Waals surface area contributed by atoms with E-state index in [1.54, 1.807) is 0 Å². The maximum atomic E-state index is 13.4. The molecule has 0 unspecified atom stereocenters. The molecule has 0 saturated heterocycles. The maximum Gasteiger partial charge on any atom is 0.168 e. The molecule has 0 aliphatic heterocycles. The van der Waals surface area contributed by atoms with Crippen LogP contribution in [0.1, 0.15) is 25.3 Å². The van der Waals surface area contributed by atoms with Crippen LogP contribution < -0.4 is 0 Å². The van der Waals surface area contributed by atoms with Crippen molar-refractivity contribution < 1.29 is 17.7 Å². The summed E-state index contributed by atoms with van der Waals surface area (Å²) in [4.78, 5) is 0. The van der Waals surface area contributed by atoms with Crippen molar-refractivity contribution in [2.75, 3.05) is 12.4 Å². The Bertz CT molecular complexity index is 426. The van der Waals surface area contributed by atoms with Crippen LogP contribution in [0.4, 0.5) is 13.2 Å². The number of alkyl halides is 1. The summed E-state index contributed by atoms with van der Waals surface area (Å²) in [7, 11) is 0. The van der Waals surface area contributed by atoms with E-state index < -0.39 is 29.7 Å². The highest BCUT2D eigenvalue weighted by Crippen LogP contribution is 2.14. The van der Waals surface area contributed by atoms with E-state index in [-0.39, 0.29) is 17.0 Å². The molecule has 1 aromatic carbocycles. The summed E-state index contributed by atoms with van der Waals surface area (Å²) in [6.45, 7) is 0.835. The molecule has 0 aliphatic carbocycles. The van der Waals surface area contributed by atoms with Gasteiger partial charge in [0.1, 0.15) is 18.1 Å². The van der Waals surface area contributed by atoms with Crippen molar-refractivity contribution in [1.29, 1.82) is 0 Å². The lowest BCUT2D eigenvalue weighted by atomic mass is 10.1. The highest BCUT2D eigenvalue weighted by atomic mass is 32.2. The minimum atomic E-state index is -1.61. The van der Waals surface area contributed by atoms with E-state index in [1.807, 2.05) is 6.92 Å². The van der Waals surface area contributed by atoms with Gasteiger partial charge in [0, 0.05) is 5.56 Å². The van der Waals surface area contributed by atoms with Crippen molar-refractivity contribution in [3.05, 3.63) is 35.4 Å². The summed E-state index contributed by atoms with van der Waals surface area (Å²) in [6, 6.07) is 3.41. The Morgan fingerprint density at radius 2 is 2.11 bits per heavy atom. The second kappa shape index (κ2) is 7.43. The van der Waals surface area contributed by atoms with E-state index in [4.69, 9.17) is 0 Å². The van der Waals surface area contributed by atoms with Gasteiger partial charge in [-0.2, -0.15) is 0 Å². The molecule has 0 amide bonds. The zero-order chi connectivity index (χ0) is 13.5. The molecule has 1 rings (SSSR count). The van der Waals surface area contributed by atoms with Gasteiger partial charge >= 0.3 is 0 Å². The van der Waals surface area contributed by atoms with E-state index in [2.05, 4.69) is 4.40 Å². The SMILES string of the molecule is CCCC[S@@+]([O-])/N=C(\CF)c1cccc(F)c1F. The summed E-state index contributed by atoms with van der Waals surface area (Å²) < 4.78 is 54.3. The molecule has 0 aromatic heterocycles. The third-order valence-corrected chi connectivity index (χ3v) is 3.34. The molecule has 6 heteroatoms. The lowest BCUT2D eigenvalue weighted by Crippen LogP contribution is -2.13. The first kappa shape index (κ1) is 15.0. The maximum absolute atomic E-state index is 13.4. The predicted octanol–water partition coefficient (Wildman–Crippen LogP) is 3.19. The fraction of sp³-hybridized carbons (Fsp3) is 0.417. The van der Waals surface area contributed by atoms with Gasteiger partial charge in [-0.25, -0.2) is 13.2 Å². The number of rotatable bonds is 6. The molecule has 0 saturated carbocycles. The summed E-state index contributed by atoms with van der Waals surface area (Å²) in [5.41, 5.74) is -0.594. The van der Waals surface area contributed by atoms with Crippen molar-refractivity contribution in [3.8, 4) is 0 Å². The molecule has 1 aromatic rings. The van der Waals surface area contributed by atoms with Crippen molar-refractivity contribution >= 4 is 17.1 Å². The number of halogens is 3. The van der Waals surface area contributed by atoms with Gasteiger partial charge in [-0.3, -0.25) is 0 Å². The second-order valence-electron chi connectivity index (χ2n) is 3.65. The minimum Gasteiger partial charge on any atom is -0.591 e. The Labute approximate surface area is 107 Å². The van der Waals surface area contributed by atoms with Gasteiger partial charge in [0.2, 0.25) is 0 Å². The van der Waals surface area contributed by atoms with Gasteiger partial charge in [-0.1, -0.05) is 23.8 Å². The van der Waals surface area contributed by atoms with Gasteiger partial charge < -0.3 is 4.55 Å². The van der Waals surface area contributed by atoms with E-state index in [9.17, 15) is 17.7 Å². The second-order valence-corrected chi connectivity index (χ2v) is 4.89. The van der Waals surface area contributed by atoms with Crippen LogP contribution in [0.15, 0.2) is 22.6 Å². The number of unbranched alkanes of at least 4 members (excludes halogenated alkanes) is 1. The van der Waals surface area contributed by atoms with Crippen LogP contribution in [-0.4, -0.2) is 22.7 Å². The Balaban J connectivity index is 2.95. The smallest absolute Gasteiger partial charge is 0.168 e. The summed E-state index contributed by atoms with van der Waals surface area (Å²) in [5, 5.41) is 0. The number of hydrogen-bond donors (Lipinski definition) is 0. The first-order chi connectivity index (χ1) is 8.60. The average molecular weight is 277 g/mol. The number of benzene rings is 1. The van der Waals surface area contributed by atoms with Crippen molar-refractivity contribution in [2.24, 2.45) is 4.40 Å². The molecular weight excluding hydrogens is 263 g/mol. The third kappa shape index (κ3) is 4.03. The third-order valence-electron chi connectivity index (χ3n) is 2.27. The highest BCUT2D eigenvalue weighted by Gasteiger charge is 2.16. The topological polar surface area (TPSA) is 35.4 Å². The van der Waals surface area contributed by atoms with Crippen LogP contribution in [0.25, 0.3) is 0 Å².